The van der Waals surface area contributed by atoms with Gasteiger partial charge in [0.2, 0.25) is 0 Å². The molecule has 0 aliphatic rings. The molecule has 0 aromatic heterocycles. The van der Waals surface area contributed by atoms with E-state index in [2.05, 4.69) is 31.2 Å². The largest absolute Gasteiger partial charge is 0.466 e. The third-order valence-corrected chi connectivity index (χ3v) is 3.31. The Kier molecular flexibility index (Phi) is 9.24. The molecule has 0 bridgehead atoms. The summed E-state index contributed by atoms with van der Waals surface area (Å²) in [5.74, 6) is 0.560. The summed E-state index contributed by atoms with van der Waals surface area (Å²) >= 11 is 0. The molecule has 0 aliphatic carbocycles. The molecule has 3 heteroatoms. The molecule has 1 aromatic carbocycles. The number of ether oxygens (including phenoxy) is 2. The Morgan fingerprint density at radius 3 is 2.64 bits per heavy atom. The maximum Gasteiger partial charge on any atom is 0.306 e. The fraction of sp³-hybridized carbons (Fsp3) is 0.526. The molecule has 0 fully saturated rings. The minimum atomic E-state index is -0.126. The molecule has 0 heterocycles. The van der Waals surface area contributed by atoms with Gasteiger partial charge < -0.3 is 9.47 Å². The highest BCUT2D eigenvalue weighted by molar-refractivity contribution is 5.69. The van der Waals surface area contributed by atoms with E-state index in [0.29, 0.717) is 25.6 Å². The van der Waals surface area contributed by atoms with Crippen LogP contribution in [0, 0.1) is 11.8 Å². The van der Waals surface area contributed by atoms with Crippen LogP contribution in [0.5, 0.6) is 0 Å². The first-order chi connectivity index (χ1) is 10.6. The standard InChI is InChI=1S/C19H28O3/c1-4-22-19(20)13-16(2)9-8-10-17(3)14-21-15-18-11-6-5-7-12-18/h5-9,11-12,16-17H,4,10,13-15H2,1-3H3/b9-8+. The first-order valence-corrected chi connectivity index (χ1v) is 8.05. The fourth-order valence-electron chi connectivity index (χ4n) is 2.11. The molecule has 0 N–H and O–H groups in total. The second-order valence-electron chi connectivity index (χ2n) is 5.76. The third-order valence-electron chi connectivity index (χ3n) is 3.31. The zero-order valence-corrected chi connectivity index (χ0v) is 14.0. The lowest BCUT2D eigenvalue weighted by Gasteiger charge is -2.10. The molecule has 0 saturated heterocycles. The highest BCUT2D eigenvalue weighted by atomic mass is 16.5. The number of hydrogen-bond donors (Lipinski definition) is 0. The van der Waals surface area contributed by atoms with Crippen LogP contribution in [-0.2, 0) is 20.9 Å². The second kappa shape index (κ2) is 11.0. The van der Waals surface area contributed by atoms with E-state index in [-0.39, 0.29) is 11.9 Å². The maximum atomic E-state index is 11.4. The van der Waals surface area contributed by atoms with Crippen molar-refractivity contribution in [3.8, 4) is 0 Å². The minimum Gasteiger partial charge on any atom is -0.466 e. The molecule has 0 radical (unpaired) electrons. The number of benzene rings is 1. The van der Waals surface area contributed by atoms with Gasteiger partial charge >= 0.3 is 5.97 Å². The zero-order chi connectivity index (χ0) is 16.2. The summed E-state index contributed by atoms with van der Waals surface area (Å²) in [6, 6.07) is 10.2. The van der Waals surface area contributed by atoms with E-state index < -0.39 is 0 Å². The first-order valence-electron chi connectivity index (χ1n) is 8.05. The lowest BCUT2D eigenvalue weighted by Crippen LogP contribution is -2.08. The molecule has 0 saturated carbocycles. The normalized spacial score (nSPS) is 14.0. The van der Waals surface area contributed by atoms with Gasteiger partial charge in [0.25, 0.3) is 0 Å². The lowest BCUT2D eigenvalue weighted by atomic mass is 10.0. The van der Waals surface area contributed by atoms with Crippen molar-refractivity contribution in [2.24, 2.45) is 11.8 Å². The first kappa shape index (κ1) is 18.4. The van der Waals surface area contributed by atoms with Crippen molar-refractivity contribution in [2.75, 3.05) is 13.2 Å². The van der Waals surface area contributed by atoms with Crippen molar-refractivity contribution in [3.05, 3.63) is 48.0 Å². The molecule has 0 aliphatic heterocycles. The SMILES string of the molecule is CCOC(=O)CC(C)/C=C/CC(C)COCc1ccccc1. The molecular weight excluding hydrogens is 276 g/mol. The van der Waals surface area contributed by atoms with Gasteiger partial charge in [-0.15, -0.1) is 0 Å². The van der Waals surface area contributed by atoms with Crippen molar-refractivity contribution >= 4 is 5.97 Å². The van der Waals surface area contributed by atoms with Crippen LogP contribution < -0.4 is 0 Å². The number of carbonyl (C=O) groups excluding carboxylic acids is 1. The van der Waals surface area contributed by atoms with E-state index in [4.69, 9.17) is 9.47 Å². The summed E-state index contributed by atoms with van der Waals surface area (Å²) in [4.78, 5) is 11.4. The molecular formula is C19H28O3. The van der Waals surface area contributed by atoms with Crippen molar-refractivity contribution in [1.82, 2.24) is 0 Å². The number of hydrogen-bond acceptors (Lipinski definition) is 3. The van der Waals surface area contributed by atoms with Crippen LogP contribution in [0.3, 0.4) is 0 Å². The van der Waals surface area contributed by atoms with Gasteiger partial charge in [-0.1, -0.05) is 56.3 Å². The van der Waals surface area contributed by atoms with E-state index in [9.17, 15) is 4.79 Å². The zero-order valence-electron chi connectivity index (χ0n) is 14.0. The minimum absolute atomic E-state index is 0.126. The van der Waals surface area contributed by atoms with Gasteiger partial charge in [-0.05, 0) is 30.7 Å². The predicted octanol–water partition coefficient (Wildman–Crippen LogP) is 4.37. The van der Waals surface area contributed by atoms with Crippen molar-refractivity contribution in [2.45, 2.75) is 40.2 Å². The number of rotatable bonds is 10. The van der Waals surface area contributed by atoms with Gasteiger partial charge in [-0.25, -0.2) is 0 Å². The Labute approximate surface area is 134 Å². The van der Waals surface area contributed by atoms with E-state index in [0.717, 1.165) is 13.0 Å². The van der Waals surface area contributed by atoms with E-state index >= 15 is 0 Å². The number of esters is 1. The fourth-order valence-corrected chi connectivity index (χ4v) is 2.11. The van der Waals surface area contributed by atoms with Crippen molar-refractivity contribution < 1.29 is 14.3 Å². The van der Waals surface area contributed by atoms with Gasteiger partial charge in [0, 0.05) is 6.61 Å². The summed E-state index contributed by atoms with van der Waals surface area (Å²) < 4.78 is 10.7. The number of carbonyl (C=O) groups is 1. The van der Waals surface area contributed by atoms with Gasteiger partial charge in [0.05, 0.1) is 19.6 Å². The molecule has 0 spiro atoms. The van der Waals surface area contributed by atoms with Crippen LogP contribution >= 0.6 is 0 Å². The topological polar surface area (TPSA) is 35.5 Å². The average molecular weight is 304 g/mol. The maximum absolute atomic E-state index is 11.4. The second-order valence-corrected chi connectivity index (χ2v) is 5.76. The molecule has 1 rings (SSSR count). The van der Waals surface area contributed by atoms with Crippen LogP contribution in [0.25, 0.3) is 0 Å². The van der Waals surface area contributed by atoms with E-state index in [1.807, 2.05) is 32.0 Å². The summed E-state index contributed by atoms with van der Waals surface area (Å²) in [6.07, 6.45) is 5.64. The van der Waals surface area contributed by atoms with Gasteiger partial charge in [-0.2, -0.15) is 0 Å². The van der Waals surface area contributed by atoms with Gasteiger partial charge in [-0.3, -0.25) is 4.79 Å². The number of allylic oxidation sites excluding steroid dienone is 2. The quantitative estimate of drug-likeness (QED) is 0.475. The Balaban J connectivity index is 2.15. The summed E-state index contributed by atoms with van der Waals surface area (Å²) in [5, 5.41) is 0. The third kappa shape index (κ3) is 8.63. The van der Waals surface area contributed by atoms with Crippen LogP contribution in [-0.4, -0.2) is 19.2 Å². The van der Waals surface area contributed by atoms with Gasteiger partial charge in [0.15, 0.2) is 0 Å². The Morgan fingerprint density at radius 2 is 1.95 bits per heavy atom. The Bertz CT molecular complexity index is 439. The van der Waals surface area contributed by atoms with Crippen molar-refractivity contribution in [1.29, 1.82) is 0 Å². The highest BCUT2D eigenvalue weighted by Gasteiger charge is 2.07. The van der Waals surface area contributed by atoms with E-state index in [1.165, 1.54) is 5.56 Å². The molecule has 3 nitrogen and oxygen atoms in total. The molecule has 1 aromatic rings. The van der Waals surface area contributed by atoms with Gasteiger partial charge in [0.1, 0.15) is 0 Å². The van der Waals surface area contributed by atoms with Crippen LogP contribution in [0.2, 0.25) is 0 Å². The molecule has 0 amide bonds. The molecule has 2 atom stereocenters. The monoisotopic (exact) mass is 304 g/mol. The molecule has 122 valence electrons. The molecule has 22 heavy (non-hydrogen) atoms. The highest BCUT2D eigenvalue weighted by Crippen LogP contribution is 2.10. The summed E-state index contributed by atoms with van der Waals surface area (Å²) in [5.41, 5.74) is 1.20. The van der Waals surface area contributed by atoms with Crippen molar-refractivity contribution in [3.63, 3.8) is 0 Å². The summed E-state index contributed by atoms with van der Waals surface area (Å²) in [7, 11) is 0. The molecule has 2 unspecified atom stereocenters. The van der Waals surface area contributed by atoms with E-state index in [1.54, 1.807) is 0 Å². The van der Waals surface area contributed by atoms with Crippen LogP contribution in [0.1, 0.15) is 39.2 Å². The predicted molar refractivity (Wildman–Crippen MR) is 89.4 cm³/mol. The average Bonchev–Trinajstić information content (AvgIpc) is 2.48. The van der Waals surface area contributed by atoms with Crippen LogP contribution in [0.4, 0.5) is 0 Å². The Hall–Kier alpha value is -1.61. The van der Waals surface area contributed by atoms with Crippen LogP contribution in [0.15, 0.2) is 42.5 Å². The smallest absolute Gasteiger partial charge is 0.306 e. The lowest BCUT2D eigenvalue weighted by molar-refractivity contribution is -0.143. The summed E-state index contributed by atoms with van der Waals surface area (Å²) in [6.45, 7) is 7.88. The Morgan fingerprint density at radius 1 is 1.23 bits per heavy atom.